The Balaban J connectivity index is 1.40. The minimum atomic E-state index is -0.726. The lowest BCUT2D eigenvalue weighted by atomic mass is 9.83. The second kappa shape index (κ2) is 18.0. The first-order valence-corrected chi connectivity index (χ1v) is 18.8. The van der Waals surface area contributed by atoms with Gasteiger partial charge in [0.1, 0.15) is 18.1 Å². The molecule has 2 aliphatic carbocycles. The number of likely N-dealkylation sites (N-methyl/N-ethyl adjacent to an activating group) is 1. The second-order valence-corrected chi connectivity index (χ2v) is 16.0. The van der Waals surface area contributed by atoms with E-state index in [0.717, 1.165) is 50.5 Å². The summed E-state index contributed by atoms with van der Waals surface area (Å²) in [4.78, 5) is 70.7. The van der Waals surface area contributed by atoms with Crippen LogP contribution >= 0.6 is 12.2 Å². The Hall–Kier alpha value is -4.00. The molecule has 4 rings (SSSR count). The Bertz CT molecular complexity index is 1440. The van der Waals surface area contributed by atoms with Crippen molar-refractivity contribution in [3.05, 3.63) is 48.0 Å². The van der Waals surface area contributed by atoms with Crippen molar-refractivity contribution >= 4 is 46.9 Å². The van der Waals surface area contributed by atoms with E-state index in [-0.39, 0.29) is 40.7 Å². The molecule has 280 valence electrons. The average Bonchev–Trinajstić information content (AvgIpc) is 3.78. The molecule has 4 atom stereocenters. The zero-order valence-corrected chi connectivity index (χ0v) is 31.7. The summed E-state index contributed by atoms with van der Waals surface area (Å²) in [7, 11) is 3.34. The fraction of sp³-hybridized carbons (Fsp3) is 0.632. The van der Waals surface area contributed by atoms with E-state index in [1.54, 1.807) is 19.0 Å². The van der Waals surface area contributed by atoms with E-state index in [1.807, 2.05) is 51.1 Å². The van der Waals surface area contributed by atoms with Crippen LogP contribution in [-0.4, -0.2) is 95.3 Å². The topological polar surface area (TPSA) is 152 Å². The molecule has 1 aromatic rings. The summed E-state index contributed by atoms with van der Waals surface area (Å²) in [6, 6.07) is 6.05. The average molecular weight is 724 g/mol. The largest absolute Gasteiger partial charge is 0.363 e. The molecule has 1 aromatic carbocycles. The van der Waals surface area contributed by atoms with Gasteiger partial charge >= 0.3 is 6.03 Å². The van der Waals surface area contributed by atoms with Crippen molar-refractivity contribution in [3.63, 3.8) is 0 Å². The van der Waals surface area contributed by atoms with E-state index in [1.165, 1.54) is 4.90 Å². The number of likely N-dealkylation sites (tertiary alicyclic amines) is 1. The van der Waals surface area contributed by atoms with Crippen LogP contribution in [0.3, 0.4) is 0 Å². The molecular formula is C38H57N7O5S. The van der Waals surface area contributed by atoms with Gasteiger partial charge in [-0.3, -0.25) is 19.2 Å². The summed E-state index contributed by atoms with van der Waals surface area (Å²) in [6.07, 6.45) is 8.51. The van der Waals surface area contributed by atoms with Crippen LogP contribution < -0.4 is 26.6 Å². The number of hydrogen-bond acceptors (Lipinski definition) is 6. The van der Waals surface area contributed by atoms with Gasteiger partial charge in [-0.1, -0.05) is 81.2 Å². The third kappa shape index (κ3) is 11.8. The molecule has 2 saturated carbocycles. The Kier molecular flexibility index (Phi) is 14.0. The zero-order chi connectivity index (χ0) is 37.3. The number of nitrogens with zero attached hydrogens (tertiary/aromatic N) is 2. The van der Waals surface area contributed by atoms with E-state index in [2.05, 4.69) is 33.2 Å². The maximum atomic E-state index is 14.2. The maximum absolute atomic E-state index is 14.2. The molecule has 0 bridgehead atoms. The van der Waals surface area contributed by atoms with Gasteiger partial charge < -0.3 is 36.4 Å². The summed E-state index contributed by atoms with van der Waals surface area (Å²) in [5.74, 6) is -0.828. The van der Waals surface area contributed by atoms with Crippen LogP contribution in [0.4, 0.5) is 4.79 Å². The summed E-state index contributed by atoms with van der Waals surface area (Å²) < 4.78 is 0. The molecule has 51 heavy (non-hydrogen) atoms. The Morgan fingerprint density at radius 1 is 0.922 bits per heavy atom. The normalized spacial score (nSPS) is 19.5. The summed E-state index contributed by atoms with van der Waals surface area (Å²) in [6.45, 7) is 10.1. The summed E-state index contributed by atoms with van der Waals surface area (Å²) in [5, 5.41) is 14.8. The van der Waals surface area contributed by atoms with Crippen LogP contribution in [0.15, 0.2) is 42.5 Å². The van der Waals surface area contributed by atoms with Crippen LogP contribution in [0.2, 0.25) is 0 Å². The first kappa shape index (κ1) is 39.8. The van der Waals surface area contributed by atoms with Crippen molar-refractivity contribution in [1.82, 2.24) is 36.4 Å². The van der Waals surface area contributed by atoms with Crippen molar-refractivity contribution in [1.29, 1.82) is 0 Å². The lowest BCUT2D eigenvalue weighted by Gasteiger charge is -2.35. The van der Waals surface area contributed by atoms with Gasteiger partial charge in [0, 0.05) is 31.8 Å². The summed E-state index contributed by atoms with van der Waals surface area (Å²) in [5.41, 5.74) is 0.483. The van der Waals surface area contributed by atoms with E-state index < -0.39 is 41.6 Å². The van der Waals surface area contributed by atoms with Crippen molar-refractivity contribution in [2.45, 2.75) is 115 Å². The first-order chi connectivity index (χ1) is 24.1. The highest BCUT2D eigenvalue weighted by atomic mass is 32.1. The van der Waals surface area contributed by atoms with Crippen molar-refractivity contribution in [2.75, 3.05) is 27.2 Å². The Labute approximate surface area is 308 Å². The third-order valence-electron chi connectivity index (χ3n) is 9.83. The third-order valence-corrected chi connectivity index (χ3v) is 10.1. The molecule has 13 heteroatoms. The van der Waals surface area contributed by atoms with Gasteiger partial charge in [-0.2, -0.15) is 0 Å². The lowest BCUT2D eigenvalue weighted by Crippen LogP contribution is -2.59. The van der Waals surface area contributed by atoms with Crippen LogP contribution in [0.25, 0.3) is 0 Å². The molecule has 5 N–H and O–H groups in total. The maximum Gasteiger partial charge on any atom is 0.315 e. The van der Waals surface area contributed by atoms with Crippen molar-refractivity contribution in [3.8, 4) is 0 Å². The van der Waals surface area contributed by atoms with Gasteiger partial charge in [0.05, 0.1) is 17.6 Å². The number of thiocarbonyl (C=S) groups is 1. The lowest BCUT2D eigenvalue weighted by molar-refractivity contribution is -0.141. The van der Waals surface area contributed by atoms with Crippen LogP contribution in [0, 0.1) is 11.8 Å². The highest BCUT2D eigenvalue weighted by Gasteiger charge is 2.42. The molecule has 6 amide bonds. The minimum Gasteiger partial charge on any atom is -0.363 e. The predicted octanol–water partition coefficient (Wildman–Crippen LogP) is 3.73. The number of amides is 6. The number of benzene rings is 1. The highest BCUT2D eigenvalue weighted by Crippen LogP contribution is 2.35. The Morgan fingerprint density at radius 2 is 1.59 bits per heavy atom. The van der Waals surface area contributed by atoms with E-state index in [9.17, 15) is 24.0 Å². The van der Waals surface area contributed by atoms with Gasteiger partial charge in [-0.05, 0) is 70.3 Å². The number of carbonyl (C=O) groups is 5. The van der Waals surface area contributed by atoms with E-state index >= 15 is 0 Å². The number of rotatable bonds is 14. The van der Waals surface area contributed by atoms with E-state index in [0.29, 0.717) is 31.7 Å². The van der Waals surface area contributed by atoms with Gasteiger partial charge in [0.2, 0.25) is 23.6 Å². The molecule has 0 aromatic heterocycles. The van der Waals surface area contributed by atoms with Gasteiger partial charge in [-0.15, -0.1) is 0 Å². The number of urea groups is 1. The smallest absolute Gasteiger partial charge is 0.315 e. The van der Waals surface area contributed by atoms with Crippen LogP contribution in [0.1, 0.15) is 96.6 Å². The molecular weight excluding hydrogens is 667 g/mol. The quantitative estimate of drug-likeness (QED) is 0.145. The molecule has 0 radical (unpaired) electrons. The van der Waals surface area contributed by atoms with Crippen molar-refractivity contribution < 1.29 is 24.0 Å². The fourth-order valence-electron chi connectivity index (χ4n) is 6.93. The molecule has 1 saturated heterocycles. The molecule has 3 aliphatic rings. The van der Waals surface area contributed by atoms with Gasteiger partial charge in [-0.25, -0.2) is 4.79 Å². The molecule has 3 fully saturated rings. The fourth-order valence-corrected chi connectivity index (χ4v) is 7.12. The number of hydrogen-bond donors (Lipinski definition) is 5. The monoisotopic (exact) mass is 723 g/mol. The standard InChI is InChI=1S/C38H57N7O5S/c1-24(33(46)39-23-30(51)41-31(35(48)44(5)6)26-14-9-7-10-15-26)28(22-25-19-20-25)40-34(47)29-18-13-21-45(29)36(49)32(27-16-11-8-12-17-27)42-37(50)43-38(2,3)4/h7,9-10,14-15,25,27-29,31-32H,1,8,11-13,16-23H2,2-6H3,(H,39,46)(H,40,47)(H,41,51)(H2,42,43,50). The summed E-state index contributed by atoms with van der Waals surface area (Å²) >= 11 is 5.52. The van der Waals surface area contributed by atoms with E-state index in [4.69, 9.17) is 12.2 Å². The Morgan fingerprint density at radius 3 is 2.20 bits per heavy atom. The number of nitrogens with one attached hydrogen (secondary N) is 5. The molecule has 12 nitrogen and oxygen atoms in total. The van der Waals surface area contributed by atoms with Crippen LogP contribution in [0.5, 0.6) is 0 Å². The zero-order valence-electron chi connectivity index (χ0n) is 30.9. The van der Waals surface area contributed by atoms with Gasteiger partial charge in [0.25, 0.3) is 0 Å². The highest BCUT2D eigenvalue weighted by molar-refractivity contribution is 7.80. The number of carbonyl (C=O) groups excluding carboxylic acids is 5. The molecule has 0 spiro atoms. The minimum absolute atomic E-state index is 0.00286. The first-order valence-electron chi connectivity index (χ1n) is 18.4. The second-order valence-electron chi connectivity index (χ2n) is 15.5. The van der Waals surface area contributed by atoms with Crippen LogP contribution in [-0.2, 0) is 19.2 Å². The van der Waals surface area contributed by atoms with Gasteiger partial charge in [0.15, 0.2) is 0 Å². The SMILES string of the molecule is C=C(C(=O)NCC(=S)NC(C(=O)N(C)C)c1ccccc1)C(CC1CC1)NC(=O)C1CCCN1C(=O)C(NC(=O)NC(C)(C)C)C1CCCCC1. The molecule has 4 unspecified atom stereocenters. The van der Waals surface area contributed by atoms with Crippen molar-refractivity contribution in [2.24, 2.45) is 11.8 Å². The predicted molar refractivity (Wildman–Crippen MR) is 202 cm³/mol. The molecule has 1 heterocycles. The molecule has 1 aliphatic heterocycles.